The zero-order valence-corrected chi connectivity index (χ0v) is 10.9. The van der Waals surface area contributed by atoms with Crippen LogP contribution in [0.2, 0.25) is 0 Å². The van der Waals surface area contributed by atoms with Crippen molar-refractivity contribution in [3.05, 3.63) is 35.4 Å². The molecule has 0 aliphatic carbocycles. The van der Waals surface area contributed by atoms with E-state index >= 15 is 0 Å². The summed E-state index contributed by atoms with van der Waals surface area (Å²) in [6.45, 7) is 0.267. The van der Waals surface area contributed by atoms with Gasteiger partial charge in [-0.15, -0.1) is 0 Å². The molecule has 6 nitrogen and oxygen atoms in total. The van der Waals surface area contributed by atoms with Crippen LogP contribution >= 0.6 is 0 Å². The summed E-state index contributed by atoms with van der Waals surface area (Å²) in [5.41, 5.74) is 5.88. The summed E-state index contributed by atoms with van der Waals surface area (Å²) in [7, 11) is 2.89. The van der Waals surface area contributed by atoms with E-state index in [0.29, 0.717) is 11.1 Å². The van der Waals surface area contributed by atoms with Crippen molar-refractivity contribution in [3.8, 4) is 0 Å². The van der Waals surface area contributed by atoms with Gasteiger partial charge in [-0.25, -0.2) is 0 Å². The van der Waals surface area contributed by atoms with Gasteiger partial charge in [-0.2, -0.15) is 0 Å². The summed E-state index contributed by atoms with van der Waals surface area (Å²) in [6, 6.07) is 6.03. The van der Waals surface area contributed by atoms with E-state index in [9.17, 15) is 14.4 Å². The number of hydrogen-bond donors (Lipinski definition) is 1. The van der Waals surface area contributed by atoms with Crippen molar-refractivity contribution in [1.29, 1.82) is 0 Å². The Bertz CT molecular complexity index is 482. The number of primary amides is 1. The van der Waals surface area contributed by atoms with Crippen molar-refractivity contribution in [2.24, 2.45) is 5.73 Å². The molecule has 0 aliphatic heterocycles. The molecule has 0 atom stereocenters. The normalized spacial score (nSPS) is 9.79. The minimum absolute atomic E-state index is 0.137. The van der Waals surface area contributed by atoms with Gasteiger partial charge in [0.15, 0.2) is 0 Å². The lowest BCUT2D eigenvalue weighted by Crippen LogP contribution is -2.29. The monoisotopic (exact) mass is 264 g/mol. The van der Waals surface area contributed by atoms with Gasteiger partial charge in [0.25, 0.3) is 5.91 Å². The SMILES string of the molecule is COC(=O)CCN(C)C(=O)c1ccc(C(N)=O)cc1. The summed E-state index contributed by atoms with van der Waals surface area (Å²) < 4.78 is 4.50. The van der Waals surface area contributed by atoms with Crippen LogP contribution in [-0.4, -0.2) is 43.4 Å². The number of ether oxygens (including phenoxy) is 1. The summed E-state index contributed by atoms with van der Waals surface area (Å²) in [4.78, 5) is 35.3. The number of methoxy groups -OCH3 is 1. The highest BCUT2D eigenvalue weighted by molar-refractivity contribution is 5.97. The highest BCUT2D eigenvalue weighted by Gasteiger charge is 2.13. The molecule has 0 aliphatic rings. The molecule has 0 unspecified atom stereocenters. The van der Waals surface area contributed by atoms with Crippen molar-refractivity contribution in [3.63, 3.8) is 0 Å². The van der Waals surface area contributed by atoms with E-state index in [2.05, 4.69) is 4.74 Å². The molecule has 2 N–H and O–H groups in total. The number of carbonyl (C=O) groups excluding carboxylic acids is 3. The van der Waals surface area contributed by atoms with Crippen LogP contribution in [0.4, 0.5) is 0 Å². The van der Waals surface area contributed by atoms with E-state index in [-0.39, 0.29) is 24.8 Å². The van der Waals surface area contributed by atoms with Crippen LogP contribution < -0.4 is 5.73 Å². The topological polar surface area (TPSA) is 89.7 Å². The van der Waals surface area contributed by atoms with Crippen LogP contribution in [0, 0.1) is 0 Å². The summed E-state index contributed by atoms with van der Waals surface area (Å²) in [5.74, 6) is -1.15. The third-order valence-electron chi connectivity index (χ3n) is 2.64. The predicted molar refractivity (Wildman–Crippen MR) is 68.6 cm³/mol. The van der Waals surface area contributed by atoms with Gasteiger partial charge >= 0.3 is 5.97 Å². The number of amides is 2. The second-order valence-electron chi connectivity index (χ2n) is 3.99. The minimum Gasteiger partial charge on any atom is -0.469 e. The number of nitrogens with two attached hydrogens (primary N) is 1. The fraction of sp³-hybridized carbons (Fsp3) is 0.308. The third kappa shape index (κ3) is 4.09. The van der Waals surface area contributed by atoms with Crippen LogP contribution in [0.5, 0.6) is 0 Å². The number of benzene rings is 1. The molecule has 0 spiro atoms. The minimum atomic E-state index is -0.543. The van der Waals surface area contributed by atoms with E-state index in [1.54, 1.807) is 7.05 Å². The van der Waals surface area contributed by atoms with Crippen molar-refractivity contribution in [2.45, 2.75) is 6.42 Å². The van der Waals surface area contributed by atoms with Gasteiger partial charge in [0.05, 0.1) is 13.5 Å². The number of carbonyl (C=O) groups is 3. The van der Waals surface area contributed by atoms with Gasteiger partial charge in [-0.3, -0.25) is 14.4 Å². The van der Waals surface area contributed by atoms with Crippen LogP contribution in [0.1, 0.15) is 27.1 Å². The second-order valence-corrected chi connectivity index (χ2v) is 3.99. The first-order chi connectivity index (χ1) is 8.95. The molecule has 19 heavy (non-hydrogen) atoms. The Morgan fingerprint density at radius 1 is 1.16 bits per heavy atom. The highest BCUT2D eigenvalue weighted by Crippen LogP contribution is 2.07. The fourth-order valence-electron chi connectivity index (χ4n) is 1.46. The largest absolute Gasteiger partial charge is 0.469 e. The van der Waals surface area contributed by atoms with E-state index < -0.39 is 5.91 Å². The molecule has 1 aromatic carbocycles. The number of esters is 1. The molecule has 2 amide bonds. The van der Waals surface area contributed by atoms with Gasteiger partial charge in [0, 0.05) is 24.7 Å². The predicted octanol–water partition coefficient (Wildman–Crippen LogP) is 0.421. The van der Waals surface area contributed by atoms with E-state index in [0.717, 1.165) is 0 Å². The average molecular weight is 264 g/mol. The van der Waals surface area contributed by atoms with E-state index in [1.807, 2.05) is 0 Å². The van der Waals surface area contributed by atoms with Crippen molar-refractivity contribution in [1.82, 2.24) is 4.90 Å². The maximum absolute atomic E-state index is 12.0. The summed E-state index contributed by atoms with van der Waals surface area (Å²) in [6.07, 6.45) is 0.137. The zero-order valence-electron chi connectivity index (χ0n) is 10.9. The molecule has 1 rings (SSSR count). The van der Waals surface area contributed by atoms with Gasteiger partial charge in [0.1, 0.15) is 0 Å². The van der Waals surface area contributed by atoms with Crippen molar-refractivity contribution in [2.75, 3.05) is 20.7 Å². The first-order valence-corrected chi connectivity index (χ1v) is 5.68. The van der Waals surface area contributed by atoms with Gasteiger partial charge < -0.3 is 15.4 Å². The van der Waals surface area contributed by atoms with Crippen LogP contribution in [0.3, 0.4) is 0 Å². The maximum atomic E-state index is 12.0. The first kappa shape index (κ1) is 14.7. The molecule has 0 heterocycles. The number of nitrogens with zero attached hydrogens (tertiary/aromatic N) is 1. The quantitative estimate of drug-likeness (QED) is 0.780. The standard InChI is InChI=1S/C13H16N2O4/c1-15(8-7-11(16)19-2)13(18)10-5-3-9(4-6-10)12(14)17/h3-6H,7-8H2,1-2H3,(H2,14,17). The van der Waals surface area contributed by atoms with Crippen LogP contribution in [0.25, 0.3) is 0 Å². The summed E-state index contributed by atoms with van der Waals surface area (Å²) in [5, 5.41) is 0. The van der Waals surface area contributed by atoms with Crippen molar-refractivity contribution < 1.29 is 19.1 Å². The lowest BCUT2D eigenvalue weighted by molar-refractivity contribution is -0.140. The van der Waals surface area contributed by atoms with Crippen molar-refractivity contribution >= 4 is 17.8 Å². The highest BCUT2D eigenvalue weighted by atomic mass is 16.5. The molecule has 0 fully saturated rings. The first-order valence-electron chi connectivity index (χ1n) is 5.68. The molecule has 102 valence electrons. The Labute approximate surface area is 111 Å². The van der Waals surface area contributed by atoms with Gasteiger partial charge in [-0.1, -0.05) is 0 Å². The third-order valence-corrected chi connectivity index (χ3v) is 2.64. The fourth-order valence-corrected chi connectivity index (χ4v) is 1.46. The molecule has 0 aromatic heterocycles. The molecule has 1 aromatic rings. The zero-order chi connectivity index (χ0) is 14.4. The van der Waals surface area contributed by atoms with Gasteiger partial charge in [-0.05, 0) is 24.3 Å². The smallest absolute Gasteiger partial charge is 0.307 e. The molecular formula is C13H16N2O4. The Hall–Kier alpha value is -2.37. The Kier molecular flexibility index (Phi) is 5.05. The van der Waals surface area contributed by atoms with Crippen LogP contribution in [0.15, 0.2) is 24.3 Å². The lowest BCUT2D eigenvalue weighted by atomic mass is 10.1. The lowest BCUT2D eigenvalue weighted by Gasteiger charge is -2.16. The molecule has 6 heteroatoms. The Morgan fingerprint density at radius 3 is 2.16 bits per heavy atom. The summed E-state index contributed by atoms with van der Waals surface area (Å²) >= 11 is 0. The van der Waals surface area contributed by atoms with E-state index in [1.165, 1.54) is 36.3 Å². The maximum Gasteiger partial charge on any atom is 0.307 e. The molecule has 0 saturated heterocycles. The Balaban J connectivity index is 2.66. The molecule has 0 saturated carbocycles. The second kappa shape index (κ2) is 6.53. The number of rotatable bonds is 5. The van der Waals surface area contributed by atoms with E-state index in [4.69, 9.17) is 5.73 Å². The Morgan fingerprint density at radius 2 is 1.68 bits per heavy atom. The number of hydrogen-bond acceptors (Lipinski definition) is 4. The van der Waals surface area contributed by atoms with Gasteiger partial charge in [0.2, 0.25) is 5.91 Å². The molecule has 0 radical (unpaired) electrons. The average Bonchev–Trinajstić information content (AvgIpc) is 2.43. The molecule has 0 bridgehead atoms. The van der Waals surface area contributed by atoms with Crippen LogP contribution in [-0.2, 0) is 9.53 Å². The molecular weight excluding hydrogens is 248 g/mol.